The molecular weight excluding hydrogens is 462 g/mol. The maximum atomic E-state index is 2.63. The standard InChI is InChI=1S/C35H34N3/c1-21-25-13-7-8-14-26(25)32(36(2)3)35-29(21)33-31-23(17-18-37(33)4)20-24(19-22-11-5-6-12-22)30-27-15-9-10-16-28(27)38(35)34(30)31/h7-10,13-18,20,22H,5-6,11-12,19H2,1-4H3/q+1. The quantitative estimate of drug-likeness (QED) is 0.137. The molecule has 0 unspecified atom stereocenters. The molecule has 0 amide bonds. The van der Waals surface area contributed by atoms with Crippen LogP contribution in [0.1, 0.15) is 36.8 Å². The number of benzene rings is 4. The fourth-order valence-electron chi connectivity index (χ4n) is 7.85. The number of aryl methyl sites for hydroxylation is 2. The highest BCUT2D eigenvalue weighted by molar-refractivity contribution is 6.31. The molecule has 0 spiro atoms. The van der Waals surface area contributed by atoms with Crippen molar-refractivity contribution in [1.29, 1.82) is 0 Å². The van der Waals surface area contributed by atoms with Crippen LogP contribution in [-0.4, -0.2) is 18.5 Å². The van der Waals surface area contributed by atoms with Crippen LogP contribution in [0.3, 0.4) is 0 Å². The summed E-state index contributed by atoms with van der Waals surface area (Å²) in [7, 11) is 6.62. The molecule has 1 aliphatic carbocycles. The Hall–Kier alpha value is -3.85. The predicted octanol–water partition coefficient (Wildman–Crippen LogP) is 8.07. The van der Waals surface area contributed by atoms with E-state index in [9.17, 15) is 0 Å². The molecule has 0 radical (unpaired) electrons. The Morgan fingerprint density at radius 1 is 0.842 bits per heavy atom. The lowest BCUT2D eigenvalue weighted by molar-refractivity contribution is -0.643. The van der Waals surface area contributed by atoms with Crippen molar-refractivity contribution in [3.8, 4) is 0 Å². The third-order valence-electron chi connectivity index (χ3n) is 9.43. The van der Waals surface area contributed by atoms with E-state index in [1.165, 1.54) is 109 Å². The van der Waals surface area contributed by atoms with Crippen LogP contribution >= 0.6 is 0 Å². The molecule has 0 aliphatic heterocycles. The average Bonchev–Trinajstić information content (AvgIpc) is 3.56. The fraction of sp³-hybridized carbons (Fsp3) is 0.286. The van der Waals surface area contributed by atoms with E-state index in [4.69, 9.17) is 0 Å². The molecule has 7 aromatic rings. The van der Waals surface area contributed by atoms with Crippen molar-refractivity contribution in [1.82, 2.24) is 4.40 Å². The summed E-state index contributed by atoms with van der Waals surface area (Å²) < 4.78 is 4.99. The van der Waals surface area contributed by atoms with Gasteiger partial charge in [-0.1, -0.05) is 68.1 Å². The molecule has 188 valence electrons. The first-order valence-electron chi connectivity index (χ1n) is 14.2. The Morgan fingerprint density at radius 3 is 2.32 bits per heavy atom. The second-order valence-electron chi connectivity index (χ2n) is 11.8. The fourth-order valence-corrected chi connectivity index (χ4v) is 7.85. The molecule has 1 saturated carbocycles. The summed E-state index contributed by atoms with van der Waals surface area (Å²) in [6.45, 7) is 2.32. The van der Waals surface area contributed by atoms with Gasteiger partial charge in [0, 0.05) is 36.3 Å². The summed E-state index contributed by atoms with van der Waals surface area (Å²) in [5, 5.41) is 9.63. The van der Waals surface area contributed by atoms with Crippen molar-refractivity contribution in [2.75, 3.05) is 19.0 Å². The smallest absolute Gasteiger partial charge is 0.224 e. The molecular formula is C35H34N3+. The minimum absolute atomic E-state index is 0.802. The van der Waals surface area contributed by atoms with E-state index in [1.807, 2.05) is 0 Å². The molecule has 0 saturated heterocycles. The van der Waals surface area contributed by atoms with Crippen molar-refractivity contribution in [3.05, 3.63) is 78.0 Å². The molecule has 3 heteroatoms. The van der Waals surface area contributed by atoms with Crippen LogP contribution in [0.25, 0.3) is 59.8 Å². The van der Waals surface area contributed by atoms with Gasteiger partial charge in [-0.2, -0.15) is 0 Å². The van der Waals surface area contributed by atoms with Crippen LogP contribution in [0.2, 0.25) is 0 Å². The molecule has 3 aromatic heterocycles. The number of anilines is 1. The van der Waals surface area contributed by atoms with Gasteiger partial charge >= 0.3 is 0 Å². The summed E-state index contributed by atoms with van der Waals surface area (Å²) in [4.78, 5) is 2.33. The third-order valence-corrected chi connectivity index (χ3v) is 9.43. The number of hydrogen-bond donors (Lipinski definition) is 0. The molecule has 3 nitrogen and oxygen atoms in total. The minimum atomic E-state index is 0.802. The number of pyridine rings is 2. The molecule has 0 bridgehead atoms. The molecule has 1 fully saturated rings. The summed E-state index contributed by atoms with van der Waals surface area (Å²) >= 11 is 0. The molecule has 0 atom stereocenters. The van der Waals surface area contributed by atoms with E-state index < -0.39 is 0 Å². The average molecular weight is 497 g/mol. The second-order valence-corrected chi connectivity index (χ2v) is 11.8. The monoisotopic (exact) mass is 496 g/mol. The normalized spacial score (nSPS) is 14.9. The van der Waals surface area contributed by atoms with Gasteiger partial charge in [0.2, 0.25) is 5.52 Å². The first-order chi connectivity index (χ1) is 18.5. The van der Waals surface area contributed by atoms with Gasteiger partial charge in [-0.15, -0.1) is 0 Å². The lowest BCUT2D eigenvalue weighted by Crippen LogP contribution is -2.29. The highest BCUT2D eigenvalue weighted by atomic mass is 15.1. The van der Waals surface area contributed by atoms with Crippen LogP contribution in [0, 0.1) is 12.8 Å². The van der Waals surface area contributed by atoms with Crippen LogP contribution in [0.15, 0.2) is 66.9 Å². The molecule has 38 heavy (non-hydrogen) atoms. The van der Waals surface area contributed by atoms with Gasteiger partial charge in [0.1, 0.15) is 7.05 Å². The Morgan fingerprint density at radius 2 is 1.55 bits per heavy atom. The summed E-state index contributed by atoms with van der Waals surface area (Å²) in [6, 6.07) is 22.9. The third kappa shape index (κ3) is 2.77. The summed E-state index contributed by atoms with van der Waals surface area (Å²) in [5.74, 6) is 0.802. The maximum Gasteiger partial charge on any atom is 0.224 e. The van der Waals surface area contributed by atoms with E-state index in [0.29, 0.717) is 0 Å². The second kappa shape index (κ2) is 7.83. The topological polar surface area (TPSA) is 11.5 Å². The van der Waals surface area contributed by atoms with Gasteiger partial charge in [-0.25, -0.2) is 4.57 Å². The van der Waals surface area contributed by atoms with Gasteiger partial charge in [-0.05, 0) is 53.3 Å². The minimum Gasteiger partial charge on any atom is -0.375 e. The number of aromatic nitrogens is 2. The van der Waals surface area contributed by atoms with E-state index in [0.717, 1.165) is 5.92 Å². The molecule has 3 heterocycles. The summed E-state index contributed by atoms with van der Waals surface area (Å²) in [5.41, 5.74) is 9.57. The maximum absolute atomic E-state index is 2.63. The van der Waals surface area contributed by atoms with E-state index in [1.54, 1.807) is 0 Å². The molecule has 8 rings (SSSR count). The van der Waals surface area contributed by atoms with Crippen LogP contribution in [0.4, 0.5) is 5.69 Å². The van der Waals surface area contributed by atoms with Gasteiger partial charge in [0.25, 0.3) is 0 Å². The van der Waals surface area contributed by atoms with E-state index >= 15 is 0 Å². The van der Waals surface area contributed by atoms with Crippen molar-refractivity contribution >= 4 is 65.5 Å². The Bertz CT molecular complexity index is 2050. The lowest BCUT2D eigenvalue weighted by atomic mass is 9.90. The lowest BCUT2D eigenvalue weighted by Gasteiger charge is -2.23. The first-order valence-corrected chi connectivity index (χ1v) is 14.2. The van der Waals surface area contributed by atoms with Crippen molar-refractivity contribution < 1.29 is 4.57 Å². The van der Waals surface area contributed by atoms with Crippen LogP contribution < -0.4 is 9.47 Å². The van der Waals surface area contributed by atoms with Crippen LogP contribution in [-0.2, 0) is 13.5 Å². The number of hydrogen-bond acceptors (Lipinski definition) is 1. The summed E-state index contributed by atoms with van der Waals surface area (Å²) in [6.07, 6.45) is 8.96. The van der Waals surface area contributed by atoms with Gasteiger partial charge in [-0.3, -0.25) is 0 Å². The highest BCUT2D eigenvalue weighted by Gasteiger charge is 2.29. The Balaban J connectivity index is 1.73. The van der Waals surface area contributed by atoms with Crippen molar-refractivity contribution in [2.24, 2.45) is 13.0 Å². The zero-order valence-electron chi connectivity index (χ0n) is 22.8. The number of fused-ring (bicyclic) bond motifs is 7. The first kappa shape index (κ1) is 22.2. The largest absolute Gasteiger partial charge is 0.375 e. The Kier molecular flexibility index (Phi) is 4.57. The van der Waals surface area contributed by atoms with Crippen molar-refractivity contribution in [3.63, 3.8) is 0 Å². The van der Waals surface area contributed by atoms with Gasteiger partial charge in [0.05, 0.1) is 33.0 Å². The highest BCUT2D eigenvalue weighted by Crippen LogP contribution is 2.47. The molecule has 0 N–H and O–H groups in total. The SMILES string of the molecule is Cc1c2ccccc2c(N(C)C)c2c1c1c3c(cc[n+]1C)cc(CC1CCCC1)c1c4ccccc4n2c13. The molecule has 1 aliphatic rings. The van der Waals surface area contributed by atoms with E-state index in [-0.39, 0.29) is 0 Å². The number of para-hydroxylation sites is 1. The zero-order valence-corrected chi connectivity index (χ0v) is 22.8. The number of rotatable bonds is 3. The van der Waals surface area contributed by atoms with E-state index in [2.05, 4.69) is 109 Å². The van der Waals surface area contributed by atoms with Crippen LogP contribution in [0.5, 0.6) is 0 Å². The predicted molar refractivity (Wildman–Crippen MR) is 162 cm³/mol. The molecule has 4 aromatic carbocycles. The zero-order chi connectivity index (χ0) is 25.7. The van der Waals surface area contributed by atoms with Gasteiger partial charge < -0.3 is 9.30 Å². The van der Waals surface area contributed by atoms with Gasteiger partial charge in [0.15, 0.2) is 6.20 Å². The van der Waals surface area contributed by atoms with Crippen molar-refractivity contribution in [2.45, 2.75) is 39.0 Å². The number of nitrogens with zero attached hydrogens (tertiary/aromatic N) is 3. The Labute approximate surface area is 223 Å².